The van der Waals surface area contributed by atoms with Crippen LogP contribution in [0.15, 0.2) is 54.0 Å². The van der Waals surface area contributed by atoms with Crippen LogP contribution in [-0.4, -0.2) is 52.1 Å². The molecule has 0 spiro atoms. The standard InChI is InChI=1S/C26H29N3O4S/c1-4-26(13-21(30)15-29(26)24(31)20-6-5-7-22(12-20)33-3)25(32)27-14-18-8-10-19(11-9-18)23-17(2)28-16-34-23/h5-12,16,21,30H,4,13-15H2,1-3H3,(H,27,32)/t21-,26+/m1/s1. The zero-order valence-electron chi connectivity index (χ0n) is 19.6. The number of hydrogen-bond donors (Lipinski definition) is 2. The molecule has 1 aliphatic heterocycles. The van der Waals surface area contributed by atoms with Crippen molar-refractivity contribution < 1.29 is 19.4 Å². The number of nitrogens with one attached hydrogen (secondary N) is 1. The summed E-state index contributed by atoms with van der Waals surface area (Å²) in [5, 5.41) is 13.4. The highest BCUT2D eigenvalue weighted by atomic mass is 32.1. The summed E-state index contributed by atoms with van der Waals surface area (Å²) < 4.78 is 5.24. The zero-order chi connectivity index (χ0) is 24.3. The van der Waals surface area contributed by atoms with Gasteiger partial charge in [0.1, 0.15) is 11.3 Å². The van der Waals surface area contributed by atoms with Gasteiger partial charge in [0.25, 0.3) is 5.91 Å². The summed E-state index contributed by atoms with van der Waals surface area (Å²) in [6.07, 6.45) is -0.161. The predicted molar refractivity (Wildman–Crippen MR) is 132 cm³/mol. The van der Waals surface area contributed by atoms with Crippen LogP contribution in [0.3, 0.4) is 0 Å². The van der Waals surface area contributed by atoms with Crippen LogP contribution in [0.2, 0.25) is 0 Å². The molecule has 4 rings (SSSR count). The van der Waals surface area contributed by atoms with Crippen LogP contribution in [0.4, 0.5) is 0 Å². The lowest BCUT2D eigenvalue weighted by Crippen LogP contribution is -2.56. The van der Waals surface area contributed by atoms with Crippen molar-refractivity contribution >= 4 is 23.2 Å². The minimum Gasteiger partial charge on any atom is -0.497 e. The van der Waals surface area contributed by atoms with E-state index in [1.54, 1.807) is 35.6 Å². The summed E-state index contributed by atoms with van der Waals surface area (Å²) in [4.78, 5) is 33.7. The second-order valence-electron chi connectivity index (χ2n) is 8.54. The Morgan fingerprint density at radius 2 is 2.03 bits per heavy atom. The van der Waals surface area contributed by atoms with Crippen LogP contribution in [0.5, 0.6) is 5.75 Å². The van der Waals surface area contributed by atoms with Crippen molar-refractivity contribution in [2.24, 2.45) is 0 Å². The highest BCUT2D eigenvalue weighted by Gasteiger charge is 2.51. The molecular formula is C26H29N3O4S. The fourth-order valence-electron chi connectivity index (χ4n) is 4.55. The maximum absolute atomic E-state index is 13.4. The number of ether oxygens (including phenoxy) is 1. The summed E-state index contributed by atoms with van der Waals surface area (Å²) in [6.45, 7) is 4.30. The second-order valence-corrected chi connectivity index (χ2v) is 9.39. The first-order chi connectivity index (χ1) is 16.4. The van der Waals surface area contributed by atoms with Gasteiger partial charge < -0.3 is 20.1 Å². The van der Waals surface area contributed by atoms with Gasteiger partial charge in [0, 0.05) is 25.1 Å². The number of rotatable bonds is 7. The molecule has 0 radical (unpaired) electrons. The van der Waals surface area contributed by atoms with E-state index in [1.807, 2.05) is 43.6 Å². The third-order valence-electron chi connectivity index (χ3n) is 6.47. The van der Waals surface area contributed by atoms with Crippen molar-refractivity contribution in [1.29, 1.82) is 0 Å². The van der Waals surface area contributed by atoms with Gasteiger partial charge in [-0.3, -0.25) is 9.59 Å². The van der Waals surface area contributed by atoms with Gasteiger partial charge >= 0.3 is 0 Å². The summed E-state index contributed by atoms with van der Waals surface area (Å²) in [6, 6.07) is 14.9. The molecule has 34 heavy (non-hydrogen) atoms. The normalized spacial score (nSPS) is 19.8. The molecule has 0 unspecified atom stereocenters. The second kappa shape index (κ2) is 9.95. The van der Waals surface area contributed by atoms with Gasteiger partial charge in [-0.2, -0.15) is 0 Å². The first kappa shape index (κ1) is 23.9. The lowest BCUT2D eigenvalue weighted by molar-refractivity contribution is -0.131. The summed E-state index contributed by atoms with van der Waals surface area (Å²) in [5.74, 6) is 0.0102. The highest BCUT2D eigenvalue weighted by molar-refractivity contribution is 7.13. The van der Waals surface area contributed by atoms with Crippen LogP contribution in [-0.2, 0) is 11.3 Å². The third kappa shape index (κ3) is 4.56. The number of aryl methyl sites for hydroxylation is 1. The minimum absolute atomic E-state index is 0.111. The number of carbonyl (C=O) groups excluding carboxylic acids is 2. The smallest absolute Gasteiger partial charge is 0.254 e. The van der Waals surface area contributed by atoms with Crippen molar-refractivity contribution in [3.05, 3.63) is 70.9 Å². The van der Waals surface area contributed by atoms with E-state index in [0.29, 0.717) is 24.3 Å². The maximum atomic E-state index is 13.4. The number of aliphatic hydroxyl groups excluding tert-OH is 1. The Hall–Kier alpha value is -3.23. The number of aromatic nitrogens is 1. The van der Waals surface area contributed by atoms with Gasteiger partial charge in [0.15, 0.2) is 0 Å². The van der Waals surface area contributed by atoms with Gasteiger partial charge in [-0.05, 0) is 42.7 Å². The Morgan fingerprint density at radius 1 is 1.26 bits per heavy atom. The van der Waals surface area contributed by atoms with Crippen LogP contribution in [0.1, 0.15) is 41.4 Å². The van der Waals surface area contributed by atoms with Crippen molar-refractivity contribution in [3.8, 4) is 16.2 Å². The van der Waals surface area contributed by atoms with E-state index in [4.69, 9.17) is 4.74 Å². The molecule has 2 heterocycles. The molecule has 1 fully saturated rings. The summed E-state index contributed by atoms with van der Waals surface area (Å²) in [5.41, 5.74) is 4.19. The number of aliphatic hydroxyl groups is 1. The molecule has 1 aliphatic rings. The largest absolute Gasteiger partial charge is 0.497 e. The Morgan fingerprint density at radius 3 is 2.68 bits per heavy atom. The first-order valence-corrected chi connectivity index (χ1v) is 12.2. The topological polar surface area (TPSA) is 91.8 Å². The van der Waals surface area contributed by atoms with Crippen LogP contribution >= 0.6 is 11.3 Å². The number of benzene rings is 2. The van der Waals surface area contributed by atoms with Gasteiger partial charge in [-0.25, -0.2) is 4.98 Å². The summed E-state index contributed by atoms with van der Waals surface area (Å²) in [7, 11) is 1.54. The molecule has 8 heteroatoms. The Balaban J connectivity index is 1.50. The number of hydrogen-bond acceptors (Lipinski definition) is 6. The minimum atomic E-state index is -1.11. The molecule has 178 valence electrons. The third-order valence-corrected chi connectivity index (χ3v) is 7.45. The molecule has 2 aromatic carbocycles. The molecule has 1 aromatic heterocycles. The van der Waals surface area contributed by atoms with Gasteiger partial charge in [-0.15, -0.1) is 11.3 Å². The first-order valence-electron chi connectivity index (χ1n) is 11.3. The highest BCUT2D eigenvalue weighted by Crippen LogP contribution is 2.35. The van der Waals surface area contributed by atoms with Gasteiger partial charge in [-0.1, -0.05) is 37.3 Å². The van der Waals surface area contributed by atoms with Crippen molar-refractivity contribution in [2.45, 2.75) is 44.9 Å². The average Bonchev–Trinajstić information content (AvgIpc) is 3.45. The molecule has 7 nitrogen and oxygen atoms in total. The molecule has 0 bridgehead atoms. The van der Waals surface area contributed by atoms with E-state index in [2.05, 4.69) is 10.3 Å². The van der Waals surface area contributed by atoms with Crippen molar-refractivity contribution in [1.82, 2.24) is 15.2 Å². The van der Waals surface area contributed by atoms with Crippen LogP contribution in [0.25, 0.3) is 10.4 Å². The van der Waals surface area contributed by atoms with E-state index in [9.17, 15) is 14.7 Å². The van der Waals surface area contributed by atoms with Crippen molar-refractivity contribution in [3.63, 3.8) is 0 Å². The Bertz CT molecular complexity index is 1180. The number of carbonyl (C=O) groups is 2. The monoisotopic (exact) mass is 479 g/mol. The SMILES string of the molecule is CC[C@@]1(C(=O)NCc2ccc(-c3scnc3C)cc2)C[C@@H](O)CN1C(=O)c1cccc(OC)c1. The molecule has 2 atom stereocenters. The van der Waals surface area contributed by atoms with Crippen molar-refractivity contribution in [2.75, 3.05) is 13.7 Å². The van der Waals surface area contributed by atoms with E-state index >= 15 is 0 Å². The molecule has 0 aliphatic carbocycles. The van der Waals surface area contributed by atoms with Gasteiger partial charge in [0.05, 0.1) is 29.3 Å². The number of likely N-dealkylation sites (tertiary alicyclic amines) is 1. The summed E-state index contributed by atoms with van der Waals surface area (Å²) >= 11 is 1.60. The number of β-amino-alcohol motifs (C(OH)–C–C–N with tert-alkyl or cyclic N) is 1. The lowest BCUT2D eigenvalue weighted by atomic mass is 9.90. The Labute approximate surface area is 203 Å². The molecule has 3 aromatic rings. The lowest BCUT2D eigenvalue weighted by Gasteiger charge is -2.36. The quantitative estimate of drug-likeness (QED) is 0.538. The number of thiazole rings is 1. The molecule has 0 saturated carbocycles. The number of methoxy groups -OCH3 is 1. The van der Waals surface area contributed by atoms with Gasteiger partial charge in [0.2, 0.25) is 5.91 Å². The fraction of sp³-hybridized carbons (Fsp3) is 0.346. The van der Waals surface area contributed by atoms with Crippen LogP contribution < -0.4 is 10.1 Å². The zero-order valence-corrected chi connectivity index (χ0v) is 20.4. The van der Waals surface area contributed by atoms with E-state index in [-0.39, 0.29) is 24.8 Å². The molecule has 2 amide bonds. The van der Waals surface area contributed by atoms with E-state index in [1.165, 1.54) is 12.0 Å². The Kier molecular flexibility index (Phi) is 7.00. The molecule has 1 saturated heterocycles. The number of nitrogens with zero attached hydrogens (tertiary/aromatic N) is 2. The molecule has 2 N–H and O–H groups in total. The van der Waals surface area contributed by atoms with E-state index in [0.717, 1.165) is 21.7 Å². The van der Waals surface area contributed by atoms with Crippen LogP contribution in [0, 0.1) is 6.92 Å². The predicted octanol–water partition coefficient (Wildman–Crippen LogP) is 3.80. The molecular weight excluding hydrogens is 450 g/mol. The maximum Gasteiger partial charge on any atom is 0.254 e. The average molecular weight is 480 g/mol. The number of amides is 2. The van der Waals surface area contributed by atoms with E-state index < -0.39 is 11.6 Å². The fourth-order valence-corrected chi connectivity index (χ4v) is 5.36.